The topological polar surface area (TPSA) is 78.9 Å². The molecule has 0 radical (unpaired) electrons. The van der Waals surface area contributed by atoms with Crippen LogP contribution in [0.5, 0.6) is 6.01 Å². The van der Waals surface area contributed by atoms with E-state index in [2.05, 4.69) is 11.5 Å². The highest BCUT2D eigenvalue weighted by Gasteiger charge is 2.52. The Morgan fingerprint density at radius 1 is 1.26 bits per heavy atom. The number of amides is 2. The third kappa shape index (κ3) is 3.41. The minimum atomic E-state index is -0.769. The van der Waals surface area contributed by atoms with Gasteiger partial charge >= 0.3 is 6.01 Å². The molecule has 2 amide bonds. The van der Waals surface area contributed by atoms with Crippen LogP contribution in [-0.2, 0) is 27.8 Å². The van der Waals surface area contributed by atoms with Crippen molar-refractivity contribution in [3.8, 4) is 6.01 Å². The van der Waals surface area contributed by atoms with Gasteiger partial charge in [-0.05, 0) is 43.5 Å². The summed E-state index contributed by atoms with van der Waals surface area (Å²) in [7, 11) is 1.70. The standard InChI is InChI=1S/C25H28FN5O3/c1-4-21(32)30-10-12-31(13-11-30)22-17-8-9-25(15-19(17)27-24(28-22)34-5-2)18-7-6-16(26)14-20(18)29(3)23(25)33/h4,6-7,14H,1,5,8-13,15H2,2-3H3/t25-/m1/s1. The molecule has 178 valence electrons. The highest BCUT2D eigenvalue weighted by atomic mass is 19.1. The Morgan fingerprint density at radius 3 is 2.74 bits per heavy atom. The molecule has 1 aromatic carbocycles. The van der Waals surface area contributed by atoms with Crippen molar-refractivity contribution in [2.24, 2.45) is 0 Å². The lowest BCUT2D eigenvalue weighted by Crippen LogP contribution is -2.49. The van der Waals surface area contributed by atoms with Gasteiger partial charge in [0.15, 0.2) is 0 Å². The summed E-state index contributed by atoms with van der Waals surface area (Å²) < 4.78 is 19.6. The zero-order valence-electron chi connectivity index (χ0n) is 19.5. The summed E-state index contributed by atoms with van der Waals surface area (Å²) in [6, 6.07) is 4.87. The summed E-state index contributed by atoms with van der Waals surface area (Å²) in [4.78, 5) is 40.4. The van der Waals surface area contributed by atoms with Crippen LogP contribution in [0.1, 0.15) is 30.2 Å². The molecule has 0 saturated carbocycles. The number of hydrogen-bond acceptors (Lipinski definition) is 6. The van der Waals surface area contributed by atoms with Gasteiger partial charge in [-0.3, -0.25) is 9.59 Å². The maximum Gasteiger partial charge on any atom is 0.318 e. The maximum absolute atomic E-state index is 13.9. The molecule has 2 aromatic rings. The minimum absolute atomic E-state index is 0.0339. The predicted octanol–water partition coefficient (Wildman–Crippen LogP) is 2.25. The van der Waals surface area contributed by atoms with Crippen LogP contribution in [0.3, 0.4) is 0 Å². The van der Waals surface area contributed by atoms with E-state index in [1.807, 2.05) is 6.92 Å². The summed E-state index contributed by atoms with van der Waals surface area (Å²) in [5, 5.41) is 0. The molecule has 3 aliphatic rings. The lowest BCUT2D eigenvalue weighted by atomic mass is 9.69. The molecule has 1 aromatic heterocycles. The average Bonchev–Trinajstić information content (AvgIpc) is 3.04. The number of benzene rings is 1. The number of aromatic nitrogens is 2. The Bertz CT molecular complexity index is 1180. The number of nitrogens with zero attached hydrogens (tertiary/aromatic N) is 5. The van der Waals surface area contributed by atoms with Crippen LogP contribution < -0.4 is 14.5 Å². The number of carbonyl (C=O) groups excluding carboxylic acids is 2. The van der Waals surface area contributed by atoms with Crippen LogP contribution in [0.15, 0.2) is 30.9 Å². The number of hydrogen-bond donors (Lipinski definition) is 0. The van der Waals surface area contributed by atoms with E-state index in [1.54, 1.807) is 22.9 Å². The summed E-state index contributed by atoms with van der Waals surface area (Å²) >= 11 is 0. The summed E-state index contributed by atoms with van der Waals surface area (Å²) in [5.74, 6) is 0.352. The number of carbonyl (C=O) groups is 2. The van der Waals surface area contributed by atoms with Crippen molar-refractivity contribution in [1.29, 1.82) is 0 Å². The molecule has 0 bridgehead atoms. The normalized spacial score (nSPS) is 21.5. The number of ether oxygens (including phenoxy) is 1. The van der Waals surface area contributed by atoms with E-state index in [1.165, 1.54) is 18.2 Å². The van der Waals surface area contributed by atoms with Crippen LogP contribution in [-0.4, -0.2) is 66.5 Å². The molecule has 1 saturated heterocycles. The molecule has 34 heavy (non-hydrogen) atoms. The Kier molecular flexibility index (Phi) is 5.50. The fraction of sp³-hybridized carbons (Fsp3) is 0.440. The van der Waals surface area contributed by atoms with Crippen molar-refractivity contribution in [1.82, 2.24) is 14.9 Å². The van der Waals surface area contributed by atoms with E-state index in [-0.39, 0.29) is 23.6 Å². The zero-order chi connectivity index (χ0) is 24.0. The number of piperazine rings is 1. The zero-order valence-corrected chi connectivity index (χ0v) is 19.5. The third-order valence-corrected chi connectivity index (χ3v) is 7.21. The van der Waals surface area contributed by atoms with Crippen LogP contribution in [0.2, 0.25) is 0 Å². The van der Waals surface area contributed by atoms with Gasteiger partial charge in [0, 0.05) is 45.2 Å². The van der Waals surface area contributed by atoms with Gasteiger partial charge in [-0.25, -0.2) is 4.39 Å². The van der Waals surface area contributed by atoms with Crippen LogP contribution >= 0.6 is 0 Å². The molecular formula is C25H28FN5O3. The summed E-state index contributed by atoms with van der Waals surface area (Å²) in [5.41, 5.74) is 2.51. The Morgan fingerprint density at radius 2 is 2.03 bits per heavy atom. The number of halogens is 1. The van der Waals surface area contributed by atoms with Crippen LogP contribution in [0, 0.1) is 5.82 Å². The lowest BCUT2D eigenvalue weighted by Gasteiger charge is -2.38. The number of fused-ring (bicyclic) bond motifs is 3. The number of rotatable bonds is 4. The first kappa shape index (κ1) is 22.3. The van der Waals surface area contributed by atoms with E-state index in [0.29, 0.717) is 57.7 Å². The molecule has 1 aliphatic carbocycles. The Labute approximate surface area is 198 Å². The van der Waals surface area contributed by atoms with E-state index in [9.17, 15) is 14.0 Å². The fourth-order valence-electron chi connectivity index (χ4n) is 5.48. The van der Waals surface area contributed by atoms with Gasteiger partial charge in [-0.1, -0.05) is 12.6 Å². The maximum atomic E-state index is 13.9. The first-order chi connectivity index (χ1) is 16.4. The molecule has 0 N–H and O–H groups in total. The molecule has 1 fully saturated rings. The van der Waals surface area contributed by atoms with Crippen LogP contribution in [0.4, 0.5) is 15.9 Å². The molecule has 1 atom stereocenters. The van der Waals surface area contributed by atoms with Crippen molar-refractivity contribution in [3.05, 3.63) is 53.5 Å². The highest BCUT2D eigenvalue weighted by Crippen LogP contribution is 2.49. The van der Waals surface area contributed by atoms with E-state index in [0.717, 1.165) is 22.6 Å². The first-order valence-electron chi connectivity index (χ1n) is 11.6. The molecule has 2 aliphatic heterocycles. The van der Waals surface area contributed by atoms with Crippen molar-refractivity contribution in [2.45, 2.75) is 31.6 Å². The smallest absolute Gasteiger partial charge is 0.318 e. The van der Waals surface area contributed by atoms with Crippen molar-refractivity contribution in [2.75, 3.05) is 49.6 Å². The van der Waals surface area contributed by atoms with Gasteiger partial charge in [0.2, 0.25) is 11.8 Å². The van der Waals surface area contributed by atoms with E-state index in [4.69, 9.17) is 14.7 Å². The fourth-order valence-corrected chi connectivity index (χ4v) is 5.48. The molecule has 3 heterocycles. The second kappa shape index (κ2) is 8.38. The third-order valence-electron chi connectivity index (χ3n) is 7.21. The largest absolute Gasteiger partial charge is 0.464 e. The summed E-state index contributed by atoms with van der Waals surface area (Å²) in [6.45, 7) is 8.33. The SMILES string of the molecule is C=CC(=O)N1CCN(c2nc(OCC)nc3c2CC[C@]2(C3)C(=O)N(C)c3cc(F)ccc32)CC1. The lowest BCUT2D eigenvalue weighted by molar-refractivity contribution is -0.126. The van der Waals surface area contributed by atoms with Crippen LogP contribution in [0.25, 0.3) is 0 Å². The molecular weight excluding hydrogens is 437 g/mol. The first-order valence-corrected chi connectivity index (χ1v) is 11.6. The van der Waals surface area contributed by atoms with Gasteiger partial charge in [-0.2, -0.15) is 9.97 Å². The minimum Gasteiger partial charge on any atom is -0.464 e. The second-order valence-electron chi connectivity index (χ2n) is 8.99. The highest BCUT2D eigenvalue weighted by molar-refractivity contribution is 6.08. The Balaban J connectivity index is 1.52. The van der Waals surface area contributed by atoms with Gasteiger partial charge in [-0.15, -0.1) is 0 Å². The average molecular weight is 466 g/mol. The van der Waals surface area contributed by atoms with Gasteiger partial charge in [0.05, 0.1) is 23.4 Å². The van der Waals surface area contributed by atoms with Gasteiger partial charge in [0.25, 0.3) is 0 Å². The van der Waals surface area contributed by atoms with Gasteiger partial charge in [0.1, 0.15) is 11.6 Å². The number of anilines is 2. The molecule has 0 unspecified atom stereocenters. The van der Waals surface area contributed by atoms with E-state index >= 15 is 0 Å². The second-order valence-corrected chi connectivity index (χ2v) is 8.99. The monoisotopic (exact) mass is 465 g/mol. The van der Waals surface area contributed by atoms with Crippen molar-refractivity contribution in [3.63, 3.8) is 0 Å². The molecule has 5 rings (SSSR count). The predicted molar refractivity (Wildman–Crippen MR) is 126 cm³/mol. The van der Waals surface area contributed by atoms with Crippen molar-refractivity contribution >= 4 is 23.3 Å². The summed E-state index contributed by atoms with van der Waals surface area (Å²) in [6.07, 6.45) is 2.98. The Hall–Kier alpha value is -3.49. The molecule has 9 heteroatoms. The van der Waals surface area contributed by atoms with Crippen molar-refractivity contribution < 1.29 is 18.7 Å². The number of likely N-dealkylation sites (N-methyl/N-ethyl adjacent to an activating group) is 1. The molecule has 1 spiro atoms. The quantitative estimate of drug-likeness (QED) is 0.645. The van der Waals surface area contributed by atoms with Gasteiger partial charge < -0.3 is 19.4 Å². The molecule has 8 nitrogen and oxygen atoms in total. The van der Waals surface area contributed by atoms with E-state index < -0.39 is 5.41 Å².